The molecule has 0 rings (SSSR count). The van der Waals surface area contributed by atoms with E-state index in [4.69, 9.17) is 11.6 Å². The van der Waals surface area contributed by atoms with Crippen molar-refractivity contribution in [3.8, 4) is 0 Å². The summed E-state index contributed by atoms with van der Waals surface area (Å²) in [4.78, 5) is 21.1. The number of nitrogens with one attached hydrogen (secondary N) is 2. The summed E-state index contributed by atoms with van der Waals surface area (Å²) < 4.78 is 34.7. The first kappa shape index (κ1) is 13.0. The fraction of sp³-hybridized carbons (Fsp3) is 0.667. The van der Waals surface area contributed by atoms with Gasteiger partial charge in [0.25, 0.3) is 0 Å². The fourth-order valence-corrected chi connectivity index (χ4v) is 0.589. The van der Waals surface area contributed by atoms with Crippen LogP contribution >= 0.6 is 11.6 Å². The van der Waals surface area contributed by atoms with Gasteiger partial charge in [0.1, 0.15) is 5.88 Å². The average Bonchev–Trinajstić information content (AvgIpc) is 2.01. The Bertz CT molecular complexity index is 220. The van der Waals surface area contributed by atoms with Crippen LogP contribution in [0.15, 0.2) is 0 Å². The summed E-state index contributed by atoms with van der Waals surface area (Å²) in [5, 5.41) is 3.58. The van der Waals surface area contributed by atoms with Crippen molar-refractivity contribution in [3.63, 3.8) is 0 Å². The van der Waals surface area contributed by atoms with Gasteiger partial charge in [-0.2, -0.15) is 13.2 Å². The second-order valence-corrected chi connectivity index (χ2v) is 2.57. The second-order valence-electron chi connectivity index (χ2n) is 2.30. The van der Waals surface area contributed by atoms with Gasteiger partial charge in [-0.25, -0.2) is 4.79 Å². The van der Waals surface area contributed by atoms with E-state index in [9.17, 15) is 22.8 Å². The van der Waals surface area contributed by atoms with E-state index >= 15 is 0 Å². The molecule has 0 aliphatic rings. The highest BCUT2D eigenvalue weighted by Crippen LogP contribution is 2.17. The maximum atomic E-state index is 11.6. The van der Waals surface area contributed by atoms with E-state index in [0.29, 0.717) is 0 Å². The quantitative estimate of drug-likeness (QED) is 0.714. The molecule has 82 valence electrons. The van der Waals surface area contributed by atoms with Crippen LogP contribution in [-0.2, 0) is 4.79 Å². The van der Waals surface area contributed by atoms with Crippen LogP contribution in [0.25, 0.3) is 0 Å². The molecule has 4 nitrogen and oxygen atoms in total. The van der Waals surface area contributed by atoms with Crippen LogP contribution in [0.1, 0.15) is 6.42 Å². The summed E-state index contributed by atoms with van der Waals surface area (Å²) >= 11 is 5.03. The van der Waals surface area contributed by atoms with Crippen molar-refractivity contribution < 1.29 is 22.8 Å². The van der Waals surface area contributed by atoms with Crippen LogP contribution in [0.3, 0.4) is 0 Å². The summed E-state index contributed by atoms with van der Waals surface area (Å²) in [6, 6.07) is -0.986. The molecule has 0 fully saturated rings. The van der Waals surface area contributed by atoms with Crippen molar-refractivity contribution in [1.82, 2.24) is 10.6 Å². The average molecular weight is 233 g/mol. The Labute approximate surface area is 82.8 Å². The van der Waals surface area contributed by atoms with Crippen LogP contribution in [0.5, 0.6) is 0 Å². The maximum Gasteiger partial charge on any atom is 0.390 e. The number of urea groups is 1. The molecule has 0 saturated heterocycles. The number of imide groups is 1. The van der Waals surface area contributed by atoms with E-state index in [1.807, 2.05) is 5.32 Å². The maximum absolute atomic E-state index is 11.6. The summed E-state index contributed by atoms with van der Waals surface area (Å²) in [5.41, 5.74) is 0. The van der Waals surface area contributed by atoms with Crippen LogP contribution in [0.2, 0.25) is 0 Å². The van der Waals surface area contributed by atoms with E-state index in [-0.39, 0.29) is 0 Å². The third-order valence-corrected chi connectivity index (χ3v) is 1.31. The lowest BCUT2D eigenvalue weighted by Crippen LogP contribution is -2.41. The molecule has 3 amide bonds. The Balaban J connectivity index is 3.60. The standard InChI is InChI=1S/C6H8ClF3N2O2/c7-3-4(13)12-5(14)11-2-1-6(8,9)10/h1-3H2,(H2,11,12,13,14). The number of halogens is 4. The zero-order valence-corrected chi connectivity index (χ0v) is 7.71. The van der Waals surface area contributed by atoms with Crippen molar-refractivity contribution in [3.05, 3.63) is 0 Å². The first-order valence-electron chi connectivity index (χ1n) is 3.55. The monoisotopic (exact) mass is 232 g/mol. The molecular weight excluding hydrogens is 225 g/mol. The summed E-state index contributed by atoms with van der Waals surface area (Å²) in [6.07, 6.45) is -5.47. The van der Waals surface area contributed by atoms with Gasteiger partial charge in [0.15, 0.2) is 0 Å². The predicted octanol–water partition coefficient (Wildman–Crippen LogP) is 1.00. The third kappa shape index (κ3) is 7.66. The number of rotatable bonds is 3. The molecule has 14 heavy (non-hydrogen) atoms. The highest BCUT2D eigenvalue weighted by atomic mass is 35.5. The normalized spacial score (nSPS) is 10.9. The molecule has 0 aromatic carbocycles. The second kappa shape index (κ2) is 5.69. The largest absolute Gasteiger partial charge is 0.390 e. The Hall–Kier alpha value is -0.980. The van der Waals surface area contributed by atoms with E-state index < -0.39 is 37.0 Å². The molecule has 0 unspecified atom stereocenters. The van der Waals surface area contributed by atoms with E-state index in [1.165, 1.54) is 0 Å². The van der Waals surface area contributed by atoms with Gasteiger partial charge in [0, 0.05) is 6.54 Å². The Morgan fingerprint density at radius 1 is 1.29 bits per heavy atom. The smallest absolute Gasteiger partial charge is 0.337 e. The molecule has 2 N–H and O–H groups in total. The minimum absolute atomic E-state index is 0.424. The van der Waals surface area contributed by atoms with E-state index in [2.05, 4.69) is 0 Å². The highest BCUT2D eigenvalue weighted by molar-refractivity contribution is 6.28. The van der Waals surface area contributed by atoms with Gasteiger partial charge in [-0.3, -0.25) is 10.1 Å². The summed E-state index contributed by atoms with van der Waals surface area (Å²) in [7, 11) is 0. The van der Waals surface area contributed by atoms with Gasteiger partial charge in [-0.1, -0.05) is 0 Å². The van der Waals surface area contributed by atoms with Crippen LogP contribution in [-0.4, -0.2) is 30.5 Å². The summed E-state index contributed by atoms with van der Waals surface area (Å²) in [6.45, 7) is -0.578. The molecule has 0 heterocycles. The molecule has 8 heteroatoms. The Morgan fingerprint density at radius 3 is 2.29 bits per heavy atom. The van der Waals surface area contributed by atoms with Crippen molar-refractivity contribution in [2.24, 2.45) is 0 Å². The van der Waals surface area contributed by atoms with Crippen molar-refractivity contribution in [2.75, 3.05) is 12.4 Å². The van der Waals surface area contributed by atoms with Gasteiger partial charge < -0.3 is 5.32 Å². The molecular formula is C6H8ClF3N2O2. The Morgan fingerprint density at radius 2 is 1.86 bits per heavy atom. The predicted molar refractivity (Wildman–Crippen MR) is 42.9 cm³/mol. The highest BCUT2D eigenvalue weighted by Gasteiger charge is 2.26. The summed E-state index contributed by atoms with van der Waals surface area (Å²) in [5.74, 6) is -1.19. The van der Waals surface area contributed by atoms with Gasteiger partial charge in [0.05, 0.1) is 6.42 Å². The number of amides is 3. The molecule has 0 radical (unpaired) electrons. The molecule has 0 bridgehead atoms. The van der Waals surface area contributed by atoms with Crippen molar-refractivity contribution >= 4 is 23.5 Å². The number of carbonyl (C=O) groups is 2. The SMILES string of the molecule is O=C(CCl)NC(=O)NCCC(F)(F)F. The topological polar surface area (TPSA) is 58.2 Å². The molecule has 0 spiro atoms. The number of hydrogen-bond donors (Lipinski definition) is 2. The molecule has 0 aromatic rings. The molecule has 0 aliphatic heterocycles. The first-order valence-corrected chi connectivity index (χ1v) is 4.09. The lowest BCUT2D eigenvalue weighted by molar-refractivity contribution is -0.132. The van der Waals surface area contributed by atoms with E-state index in [0.717, 1.165) is 0 Å². The first-order chi connectivity index (χ1) is 6.35. The molecule has 0 atom stereocenters. The zero-order valence-electron chi connectivity index (χ0n) is 6.95. The minimum Gasteiger partial charge on any atom is -0.337 e. The lowest BCUT2D eigenvalue weighted by atomic mass is 10.4. The van der Waals surface area contributed by atoms with E-state index in [1.54, 1.807) is 5.32 Å². The molecule has 0 saturated carbocycles. The van der Waals surface area contributed by atoms with Crippen LogP contribution in [0.4, 0.5) is 18.0 Å². The minimum atomic E-state index is -4.33. The number of hydrogen-bond acceptors (Lipinski definition) is 2. The van der Waals surface area contributed by atoms with Crippen LogP contribution < -0.4 is 10.6 Å². The van der Waals surface area contributed by atoms with Crippen LogP contribution in [0, 0.1) is 0 Å². The van der Waals surface area contributed by atoms with Gasteiger partial charge in [0.2, 0.25) is 5.91 Å². The van der Waals surface area contributed by atoms with Crippen molar-refractivity contribution in [2.45, 2.75) is 12.6 Å². The number of alkyl halides is 4. The molecule has 0 aromatic heterocycles. The van der Waals surface area contributed by atoms with Gasteiger partial charge in [-0.05, 0) is 0 Å². The van der Waals surface area contributed by atoms with Gasteiger partial charge >= 0.3 is 12.2 Å². The fourth-order valence-electron chi connectivity index (χ4n) is 0.522. The molecule has 0 aliphatic carbocycles. The Kier molecular flexibility index (Phi) is 5.29. The van der Waals surface area contributed by atoms with Crippen molar-refractivity contribution in [1.29, 1.82) is 0 Å². The lowest BCUT2D eigenvalue weighted by Gasteiger charge is -2.07. The van der Waals surface area contributed by atoms with Gasteiger partial charge in [-0.15, -0.1) is 11.6 Å². The number of carbonyl (C=O) groups excluding carboxylic acids is 2. The zero-order chi connectivity index (χ0) is 11.2. The third-order valence-electron chi connectivity index (χ3n) is 1.07.